The van der Waals surface area contributed by atoms with Gasteiger partial charge in [0, 0.05) is 17.8 Å². The fourth-order valence-corrected chi connectivity index (χ4v) is 2.38. The Balaban J connectivity index is 2.06. The Morgan fingerprint density at radius 1 is 1.30 bits per heavy atom. The van der Waals surface area contributed by atoms with Gasteiger partial charge in [-0.05, 0) is 42.7 Å². The van der Waals surface area contributed by atoms with Gasteiger partial charge in [0.05, 0.1) is 0 Å². The molecule has 20 heavy (non-hydrogen) atoms. The summed E-state index contributed by atoms with van der Waals surface area (Å²) in [6.45, 7) is 1.67. The molecule has 1 aromatic carbocycles. The first-order valence-electron chi connectivity index (χ1n) is 6.29. The summed E-state index contributed by atoms with van der Waals surface area (Å²) < 4.78 is 5.47. The van der Waals surface area contributed by atoms with Crippen LogP contribution in [0.4, 0.5) is 0 Å². The zero-order chi connectivity index (χ0) is 14.1. The van der Waals surface area contributed by atoms with Crippen LogP contribution in [0, 0.1) is 6.92 Å². The molecule has 1 N–H and O–H groups in total. The second-order valence-corrected chi connectivity index (χ2v) is 4.71. The van der Waals surface area contributed by atoms with Gasteiger partial charge < -0.3 is 9.52 Å². The average Bonchev–Trinajstić information content (AvgIpc) is 2.75. The molecule has 0 atom stereocenters. The average molecular weight is 267 g/mol. The maximum Gasteiger partial charge on any atom is 0.339 e. The van der Waals surface area contributed by atoms with Crippen LogP contribution in [0.3, 0.4) is 0 Å². The van der Waals surface area contributed by atoms with Crippen LogP contribution in [-0.4, -0.2) is 16.1 Å². The van der Waals surface area contributed by atoms with Crippen LogP contribution < -0.4 is 0 Å². The highest BCUT2D eigenvalue weighted by atomic mass is 16.4. The number of aryl methyl sites for hydroxylation is 1. The van der Waals surface area contributed by atoms with Gasteiger partial charge in [-0.3, -0.25) is 4.98 Å². The van der Waals surface area contributed by atoms with Crippen molar-refractivity contribution in [1.29, 1.82) is 0 Å². The van der Waals surface area contributed by atoms with Crippen molar-refractivity contribution >= 4 is 16.9 Å². The smallest absolute Gasteiger partial charge is 0.339 e. The van der Waals surface area contributed by atoms with E-state index in [2.05, 4.69) is 4.98 Å². The van der Waals surface area contributed by atoms with Gasteiger partial charge in [-0.2, -0.15) is 0 Å². The van der Waals surface area contributed by atoms with Crippen molar-refractivity contribution in [2.24, 2.45) is 0 Å². The maximum atomic E-state index is 11.3. The number of hydrogen-bond donors (Lipinski definition) is 1. The molecule has 0 bridgehead atoms. The van der Waals surface area contributed by atoms with Crippen LogP contribution in [0.25, 0.3) is 11.0 Å². The monoisotopic (exact) mass is 267 g/mol. The standard InChI is InChI=1S/C16H13NO3/c1-10-15(16(18)19)13-8-11(4-5-14(13)20-10)7-12-3-2-6-17-9-12/h2-6,8-9H,7H2,1H3,(H,18,19). The second-order valence-electron chi connectivity index (χ2n) is 4.71. The maximum absolute atomic E-state index is 11.3. The quantitative estimate of drug-likeness (QED) is 0.789. The molecule has 2 aromatic heterocycles. The number of carbonyl (C=O) groups is 1. The number of nitrogens with zero attached hydrogens (tertiary/aromatic N) is 1. The lowest BCUT2D eigenvalue weighted by Crippen LogP contribution is -1.97. The third kappa shape index (κ3) is 2.16. The van der Waals surface area contributed by atoms with E-state index in [-0.39, 0.29) is 5.56 Å². The lowest BCUT2D eigenvalue weighted by Gasteiger charge is -2.01. The number of benzene rings is 1. The van der Waals surface area contributed by atoms with E-state index in [9.17, 15) is 9.90 Å². The summed E-state index contributed by atoms with van der Waals surface area (Å²) in [4.78, 5) is 15.4. The highest BCUT2D eigenvalue weighted by Crippen LogP contribution is 2.27. The molecule has 100 valence electrons. The Kier molecular flexibility index (Phi) is 2.99. The third-order valence-electron chi connectivity index (χ3n) is 3.27. The van der Waals surface area contributed by atoms with Crippen LogP contribution in [0.15, 0.2) is 47.1 Å². The normalized spacial score (nSPS) is 10.8. The summed E-state index contributed by atoms with van der Waals surface area (Å²) in [5.41, 5.74) is 2.97. The van der Waals surface area contributed by atoms with Crippen molar-refractivity contribution in [3.8, 4) is 0 Å². The summed E-state index contributed by atoms with van der Waals surface area (Å²) >= 11 is 0. The van der Waals surface area contributed by atoms with E-state index in [4.69, 9.17) is 4.42 Å². The molecule has 0 radical (unpaired) electrons. The Morgan fingerprint density at radius 2 is 2.15 bits per heavy atom. The minimum absolute atomic E-state index is 0.244. The highest BCUT2D eigenvalue weighted by Gasteiger charge is 2.17. The van der Waals surface area contributed by atoms with E-state index in [1.54, 1.807) is 13.1 Å². The number of pyridine rings is 1. The van der Waals surface area contributed by atoms with Crippen molar-refractivity contribution in [2.45, 2.75) is 13.3 Å². The van der Waals surface area contributed by atoms with Gasteiger partial charge in [0.1, 0.15) is 16.9 Å². The minimum atomic E-state index is -0.959. The molecule has 4 nitrogen and oxygen atoms in total. The first-order valence-corrected chi connectivity index (χ1v) is 6.29. The number of rotatable bonds is 3. The molecular weight excluding hydrogens is 254 g/mol. The second kappa shape index (κ2) is 4.81. The molecule has 3 rings (SSSR count). The van der Waals surface area contributed by atoms with E-state index in [0.717, 1.165) is 11.1 Å². The largest absolute Gasteiger partial charge is 0.478 e. The summed E-state index contributed by atoms with van der Waals surface area (Å²) in [6.07, 6.45) is 4.25. The van der Waals surface area contributed by atoms with Gasteiger partial charge in [-0.25, -0.2) is 4.79 Å². The molecule has 0 fully saturated rings. The summed E-state index contributed by atoms with van der Waals surface area (Å²) in [5, 5.41) is 9.91. The van der Waals surface area contributed by atoms with E-state index < -0.39 is 5.97 Å². The topological polar surface area (TPSA) is 63.3 Å². The van der Waals surface area contributed by atoms with Gasteiger partial charge in [-0.1, -0.05) is 12.1 Å². The first kappa shape index (κ1) is 12.4. The van der Waals surface area contributed by atoms with Gasteiger partial charge in [0.15, 0.2) is 0 Å². The van der Waals surface area contributed by atoms with E-state index >= 15 is 0 Å². The zero-order valence-electron chi connectivity index (χ0n) is 11.0. The summed E-state index contributed by atoms with van der Waals surface area (Å²) in [6, 6.07) is 9.53. The molecule has 0 unspecified atom stereocenters. The van der Waals surface area contributed by atoms with E-state index in [1.165, 1.54) is 0 Å². The fraction of sp³-hybridized carbons (Fsp3) is 0.125. The summed E-state index contributed by atoms with van der Waals surface area (Å²) in [7, 11) is 0. The number of fused-ring (bicyclic) bond motifs is 1. The van der Waals surface area contributed by atoms with Crippen LogP contribution in [0.1, 0.15) is 27.2 Å². The Hall–Kier alpha value is -2.62. The molecule has 0 amide bonds. The molecule has 0 aliphatic rings. The number of hydrogen-bond acceptors (Lipinski definition) is 3. The lowest BCUT2D eigenvalue weighted by molar-refractivity contribution is 0.0697. The number of furan rings is 1. The minimum Gasteiger partial charge on any atom is -0.478 e. The molecule has 0 saturated carbocycles. The van der Waals surface area contributed by atoms with E-state index in [0.29, 0.717) is 23.2 Å². The molecule has 0 spiro atoms. The Morgan fingerprint density at radius 3 is 2.85 bits per heavy atom. The Labute approximate surface area is 115 Å². The van der Waals surface area contributed by atoms with Gasteiger partial charge in [0.2, 0.25) is 0 Å². The predicted molar refractivity (Wildman–Crippen MR) is 75.0 cm³/mol. The van der Waals surface area contributed by atoms with Crippen molar-refractivity contribution in [3.05, 3.63) is 65.2 Å². The zero-order valence-corrected chi connectivity index (χ0v) is 11.0. The highest BCUT2D eigenvalue weighted by molar-refractivity contribution is 6.03. The van der Waals surface area contributed by atoms with Crippen LogP contribution in [0.5, 0.6) is 0 Å². The van der Waals surface area contributed by atoms with Gasteiger partial charge >= 0.3 is 5.97 Å². The predicted octanol–water partition coefficient (Wildman–Crippen LogP) is 3.43. The summed E-state index contributed by atoms with van der Waals surface area (Å²) in [5.74, 6) is -0.522. The van der Waals surface area contributed by atoms with Crippen molar-refractivity contribution in [1.82, 2.24) is 4.98 Å². The molecular formula is C16H13NO3. The molecule has 4 heteroatoms. The van der Waals surface area contributed by atoms with Gasteiger partial charge in [0.25, 0.3) is 0 Å². The molecule has 3 aromatic rings. The van der Waals surface area contributed by atoms with Crippen molar-refractivity contribution in [3.63, 3.8) is 0 Å². The molecule has 2 heterocycles. The SMILES string of the molecule is Cc1oc2ccc(Cc3cccnc3)cc2c1C(=O)O. The molecule has 0 saturated heterocycles. The van der Waals surface area contributed by atoms with Crippen LogP contribution in [0.2, 0.25) is 0 Å². The lowest BCUT2D eigenvalue weighted by atomic mass is 10.0. The van der Waals surface area contributed by atoms with Crippen LogP contribution in [-0.2, 0) is 6.42 Å². The molecule has 0 aliphatic heterocycles. The first-order chi connectivity index (χ1) is 9.65. The van der Waals surface area contributed by atoms with Gasteiger partial charge in [-0.15, -0.1) is 0 Å². The number of aromatic carboxylic acids is 1. The Bertz CT molecular complexity index is 775. The van der Waals surface area contributed by atoms with Crippen molar-refractivity contribution < 1.29 is 14.3 Å². The number of aromatic nitrogens is 1. The number of carboxylic acid groups (broad SMARTS) is 1. The third-order valence-corrected chi connectivity index (χ3v) is 3.27. The van der Waals surface area contributed by atoms with Crippen molar-refractivity contribution in [2.75, 3.05) is 0 Å². The van der Waals surface area contributed by atoms with E-state index in [1.807, 2.05) is 36.5 Å². The fourth-order valence-electron chi connectivity index (χ4n) is 2.38. The number of carboxylic acids is 1. The van der Waals surface area contributed by atoms with Crippen LogP contribution >= 0.6 is 0 Å². The molecule has 0 aliphatic carbocycles.